The molecule has 2 heteroatoms. The minimum absolute atomic E-state index is 0.261. The van der Waals surface area contributed by atoms with Gasteiger partial charge in [0.15, 0.2) is 0 Å². The molecule has 0 aliphatic heterocycles. The van der Waals surface area contributed by atoms with Gasteiger partial charge in [-0.2, -0.15) is 0 Å². The third-order valence-electron chi connectivity index (χ3n) is 4.21. The monoisotopic (exact) mass is 236 g/mol. The molecule has 2 aliphatic rings. The van der Waals surface area contributed by atoms with Crippen LogP contribution in [0, 0.1) is 5.92 Å². The van der Waals surface area contributed by atoms with E-state index in [0.717, 1.165) is 24.5 Å². The van der Waals surface area contributed by atoms with Crippen molar-refractivity contribution in [3.05, 3.63) is 12.7 Å². The maximum atomic E-state index is 3.91. The van der Waals surface area contributed by atoms with E-state index in [1.807, 2.05) is 0 Å². The molecule has 0 radical (unpaired) electrons. The molecule has 2 unspecified atom stereocenters. The predicted molar refractivity (Wildman–Crippen MR) is 74.2 cm³/mol. The normalized spacial score (nSPS) is 29.2. The van der Waals surface area contributed by atoms with E-state index in [9.17, 15) is 0 Å². The summed E-state index contributed by atoms with van der Waals surface area (Å²) in [5, 5.41) is 3.68. The molecule has 2 rings (SSSR count). The van der Waals surface area contributed by atoms with Gasteiger partial charge >= 0.3 is 0 Å². The van der Waals surface area contributed by atoms with Gasteiger partial charge in [0.1, 0.15) is 0 Å². The molecular formula is C15H28N2. The molecule has 0 heterocycles. The molecule has 98 valence electrons. The van der Waals surface area contributed by atoms with E-state index in [1.165, 1.54) is 32.2 Å². The molecule has 2 saturated carbocycles. The molecule has 0 bridgehead atoms. The van der Waals surface area contributed by atoms with E-state index in [0.29, 0.717) is 0 Å². The Bertz CT molecular complexity index is 263. The highest BCUT2D eigenvalue weighted by molar-refractivity contribution is 4.97. The summed E-state index contributed by atoms with van der Waals surface area (Å²) in [5.41, 5.74) is 0.261. The van der Waals surface area contributed by atoms with Gasteiger partial charge in [-0.3, -0.25) is 4.90 Å². The standard InChI is InChI=1S/C15H28N2/c1-5-10-17(15(2,3)4)14-9-6-12(14)11-16-13-7-8-13/h5,12-14,16H,1,6-11H2,2-4H3. The molecule has 2 fully saturated rings. The van der Waals surface area contributed by atoms with Crippen LogP contribution in [0.15, 0.2) is 12.7 Å². The van der Waals surface area contributed by atoms with Gasteiger partial charge < -0.3 is 5.32 Å². The topological polar surface area (TPSA) is 15.3 Å². The fourth-order valence-corrected chi connectivity index (χ4v) is 2.85. The van der Waals surface area contributed by atoms with E-state index in [4.69, 9.17) is 0 Å². The van der Waals surface area contributed by atoms with Crippen molar-refractivity contribution in [2.75, 3.05) is 13.1 Å². The van der Waals surface area contributed by atoms with Gasteiger partial charge in [-0.25, -0.2) is 0 Å². The zero-order chi connectivity index (χ0) is 12.5. The van der Waals surface area contributed by atoms with Crippen molar-refractivity contribution in [3.8, 4) is 0 Å². The highest BCUT2D eigenvalue weighted by atomic mass is 15.2. The molecule has 0 spiro atoms. The highest BCUT2D eigenvalue weighted by Gasteiger charge is 2.39. The van der Waals surface area contributed by atoms with Crippen molar-refractivity contribution < 1.29 is 0 Å². The first kappa shape index (κ1) is 13.1. The molecule has 0 saturated heterocycles. The van der Waals surface area contributed by atoms with Crippen LogP contribution in [-0.4, -0.2) is 35.6 Å². The van der Waals surface area contributed by atoms with Crippen LogP contribution in [0.3, 0.4) is 0 Å². The van der Waals surface area contributed by atoms with Gasteiger partial charge in [-0.15, -0.1) is 6.58 Å². The van der Waals surface area contributed by atoms with Crippen molar-refractivity contribution in [3.63, 3.8) is 0 Å². The van der Waals surface area contributed by atoms with Gasteiger partial charge in [0.05, 0.1) is 0 Å². The number of hydrogen-bond acceptors (Lipinski definition) is 2. The first-order valence-corrected chi connectivity index (χ1v) is 7.13. The Balaban J connectivity index is 1.86. The van der Waals surface area contributed by atoms with E-state index >= 15 is 0 Å². The van der Waals surface area contributed by atoms with Gasteiger partial charge in [0.25, 0.3) is 0 Å². The largest absolute Gasteiger partial charge is 0.314 e. The van der Waals surface area contributed by atoms with E-state index in [1.54, 1.807) is 0 Å². The Morgan fingerprint density at radius 2 is 1.94 bits per heavy atom. The summed E-state index contributed by atoms with van der Waals surface area (Å²) < 4.78 is 0. The van der Waals surface area contributed by atoms with Crippen LogP contribution in [0.5, 0.6) is 0 Å². The lowest BCUT2D eigenvalue weighted by Crippen LogP contribution is -2.57. The van der Waals surface area contributed by atoms with Crippen molar-refractivity contribution in [2.45, 2.75) is 64.1 Å². The minimum atomic E-state index is 0.261. The Kier molecular flexibility index (Phi) is 3.94. The van der Waals surface area contributed by atoms with Crippen LogP contribution in [0.1, 0.15) is 46.5 Å². The highest BCUT2D eigenvalue weighted by Crippen LogP contribution is 2.36. The fourth-order valence-electron chi connectivity index (χ4n) is 2.85. The molecule has 17 heavy (non-hydrogen) atoms. The van der Waals surface area contributed by atoms with Crippen LogP contribution in [-0.2, 0) is 0 Å². The first-order chi connectivity index (χ1) is 8.02. The van der Waals surface area contributed by atoms with Gasteiger partial charge in [0, 0.05) is 24.2 Å². The van der Waals surface area contributed by atoms with Crippen LogP contribution < -0.4 is 5.32 Å². The number of rotatable bonds is 6. The SMILES string of the molecule is C=CCN(C1CCC1CNC1CC1)C(C)(C)C. The molecule has 1 N–H and O–H groups in total. The van der Waals surface area contributed by atoms with Crippen LogP contribution in [0.4, 0.5) is 0 Å². The Morgan fingerprint density at radius 3 is 2.35 bits per heavy atom. The Labute approximate surface area is 106 Å². The summed E-state index contributed by atoms with van der Waals surface area (Å²) in [4.78, 5) is 2.63. The summed E-state index contributed by atoms with van der Waals surface area (Å²) in [6.45, 7) is 13.1. The summed E-state index contributed by atoms with van der Waals surface area (Å²) in [5.74, 6) is 0.856. The molecule has 2 nitrogen and oxygen atoms in total. The molecule has 0 aromatic carbocycles. The lowest BCUT2D eigenvalue weighted by Gasteiger charge is -2.50. The average molecular weight is 236 g/mol. The number of hydrogen-bond donors (Lipinski definition) is 1. The first-order valence-electron chi connectivity index (χ1n) is 7.13. The summed E-state index contributed by atoms with van der Waals surface area (Å²) in [7, 11) is 0. The Hall–Kier alpha value is -0.340. The van der Waals surface area contributed by atoms with Crippen LogP contribution in [0.25, 0.3) is 0 Å². The molecule has 2 atom stereocenters. The van der Waals surface area contributed by atoms with E-state index < -0.39 is 0 Å². The molecule has 0 aromatic rings. The van der Waals surface area contributed by atoms with Crippen LogP contribution >= 0.6 is 0 Å². The second-order valence-corrected chi connectivity index (χ2v) is 6.70. The van der Waals surface area contributed by atoms with Crippen molar-refractivity contribution in [1.29, 1.82) is 0 Å². The summed E-state index contributed by atoms with van der Waals surface area (Å²) in [6, 6.07) is 1.61. The second-order valence-electron chi connectivity index (χ2n) is 6.70. The van der Waals surface area contributed by atoms with Gasteiger partial charge in [-0.05, 0) is 58.9 Å². The zero-order valence-electron chi connectivity index (χ0n) is 11.7. The van der Waals surface area contributed by atoms with Crippen molar-refractivity contribution >= 4 is 0 Å². The minimum Gasteiger partial charge on any atom is -0.314 e. The van der Waals surface area contributed by atoms with E-state index in [2.05, 4.69) is 43.6 Å². The maximum absolute atomic E-state index is 3.91. The second kappa shape index (κ2) is 5.11. The average Bonchev–Trinajstić information content (AvgIpc) is 2.98. The van der Waals surface area contributed by atoms with E-state index in [-0.39, 0.29) is 5.54 Å². The third-order valence-corrected chi connectivity index (χ3v) is 4.21. The molecule has 2 aliphatic carbocycles. The Morgan fingerprint density at radius 1 is 1.24 bits per heavy atom. The van der Waals surface area contributed by atoms with Crippen molar-refractivity contribution in [2.24, 2.45) is 5.92 Å². The lowest BCUT2D eigenvalue weighted by molar-refractivity contribution is 0.00618. The molecule has 0 amide bonds. The zero-order valence-corrected chi connectivity index (χ0v) is 11.7. The fraction of sp³-hybridized carbons (Fsp3) is 0.867. The summed E-state index contributed by atoms with van der Waals surface area (Å²) in [6.07, 6.45) is 7.60. The number of nitrogens with zero attached hydrogens (tertiary/aromatic N) is 1. The maximum Gasteiger partial charge on any atom is 0.0168 e. The lowest BCUT2D eigenvalue weighted by atomic mass is 9.76. The van der Waals surface area contributed by atoms with Gasteiger partial charge in [0.2, 0.25) is 0 Å². The number of nitrogens with one attached hydrogen (secondary N) is 1. The molecular weight excluding hydrogens is 208 g/mol. The quantitative estimate of drug-likeness (QED) is 0.713. The summed E-state index contributed by atoms with van der Waals surface area (Å²) >= 11 is 0. The van der Waals surface area contributed by atoms with Crippen LogP contribution in [0.2, 0.25) is 0 Å². The third kappa shape index (κ3) is 3.32. The predicted octanol–water partition coefficient (Wildman–Crippen LogP) is 2.80. The van der Waals surface area contributed by atoms with Gasteiger partial charge in [-0.1, -0.05) is 6.08 Å². The van der Waals surface area contributed by atoms with Crippen molar-refractivity contribution in [1.82, 2.24) is 10.2 Å². The molecule has 0 aromatic heterocycles. The smallest absolute Gasteiger partial charge is 0.0168 e.